The number of aromatic hydroxyl groups is 1. The van der Waals surface area contributed by atoms with Crippen molar-refractivity contribution in [1.29, 1.82) is 0 Å². The van der Waals surface area contributed by atoms with Gasteiger partial charge >= 0.3 is 0 Å². The lowest BCUT2D eigenvalue weighted by molar-refractivity contribution is 0.373. The Bertz CT molecular complexity index is 1050. The molecule has 142 valence electrons. The van der Waals surface area contributed by atoms with Crippen molar-refractivity contribution >= 4 is 21.9 Å². The van der Waals surface area contributed by atoms with Crippen molar-refractivity contribution in [1.82, 2.24) is 5.43 Å². The fourth-order valence-electron chi connectivity index (χ4n) is 2.75. The van der Waals surface area contributed by atoms with Crippen LogP contribution in [0.3, 0.4) is 0 Å². The summed E-state index contributed by atoms with van der Waals surface area (Å²) in [6.07, 6.45) is 1.53. The summed E-state index contributed by atoms with van der Waals surface area (Å²) in [5.41, 5.74) is 5.25. The van der Waals surface area contributed by atoms with Crippen LogP contribution in [-0.2, 0) is 10.0 Å². The van der Waals surface area contributed by atoms with E-state index in [1.807, 2.05) is 6.92 Å². The van der Waals surface area contributed by atoms with Crippen LogP contribution in [0.4, 0.5) is 0 Å². The zero-order valence-electron chi connectivity index (χ0n) is 15.1. The van der Waals surface area contributed by atoms with Gasteiger partial charge in [0, 0.05) is 5.56 Å². The summed E-state index contributed by atoms with van der Waals surface area (Å²) in [7, 11) is -0.904. The van der Waals surface area contributed by atoms with E-state index < -0.39 is 10.0 Å². The molecule has 0 aliphatic carbocycles. The molecule has 1 heterocycles. The van der Waals surface area contributed by atoms with Crippen LogP contribution in [0.5, 0.6) is 17.2 Å². The van der Waals surface area contributed by atoms with E-state index in [0.29, 0.717) is 22.6 Å². The standard InChI is InChI=1S/C18H19N3O5S/c1-11-6-13-14(21-27(23,24)18(13)17(7-11)26-3)10-20-19-9-12-4-5-15(22)16(8-12)25-2/h4-9,20,22H,10H2,1-3H3/b19-9+. The molecule has 2 aromatic rings. The fourth-order valence-corrected chi connectivity index (χ4v) is 4.15. The second-order valence-electron chi connectivity index (χ2n) is 5.88. The molecule has 0 fully saturated rings. The Morgan fingerprint density at radius 3 is 2.63 bits per heavy atom. The molecule has 3 rings (SSSR count). The second kappa shape index (κ2) is 7.28. The van der Waals surface area contributed by atoms with Gasteiger partial charge in [-0.05, 0) is 48.4 Å². The minimum atomic E-state index is -3.79. The zero-order chi connectivity index (χ0) is 19.6. The van der Waals surface area contributed by atoms with Crippen LogP contribution in [0.1, 0.15) is 16.7 Å². The molecule has 27 heavy (non-hydrogen) atoms. The minimum absolute atomic E-state index is 0.0362. The highest BCUT2D eigenvalue weighted by Gasteiger charge is 2.32. The number of nitrogens with zero attached hydrogens (tertiary/aromatic N) is 2. The number of ether oxygens (including phenoxy) is 2. The van der Waals surface area contributed by atoms with Gasteiger partial charge in [-0.3, -0.25) is 0 Å². The average Bonchev–Trinajstić information content (AvgIpc) is 2.89. The maximum absolute atomic E-state index is 12.3. The Morgan fingerprint density at radius 1 is 1.19 bits per heavy atom. The van der Waals surface area contributed by atoms with Gasteiger partial charge in [-0.15, -0.1) is 0 Å². The van der Waals surface area contributed by atoms with Gasteiger partial charge in [0.25, 0.3) is 10.0 Å². The van der Waals surface area contributed by atoms with E-state index in [0.717, 1.165) is 5.56 Å². The molecule has 0 spiro atoms. The van der Waals surface area contributed by atoms with Gasteiger partial charge < -0.3 is 20.0 Å². The zero-order valence-corrected chi connectivity index (χ0v) is 15.9. The van der Waals surface area contributed by atoms with Gasteiger partial charge in [0.15, 0.2) is 11.5 Å². The maximum atomic E-state index is 12.3. The largest absolute Gasteiger partial charge is 0.504 e. The summed E-state index contributed by atoms with van der Waals surface area (Å²) in [5, 5.41) is 13.7. The summed E-state index contributed by atoms with van der Waals surface area (Å²) in [5.74, 6) is 0.652. The molecule has 0 aromatic heterocycles. The van der Waals surface area contributed by atoms with E-state index in [1.54, 1.807) is 24.3 Å². The number of methoxy groups -OCH3 is 2. The highest BCUT2D eigenvalue weighted by molar-refractivity contribution is 7.91. The van der Waals surface area contributed by atoms with Gasteiger partial charge in [-0.1, -0.05) is 0 Å². The third-order valence-electron chi connectivity index (χ3n) is 3.97. The monoisotopic (exact) mass is 389 g/mol. The first kappa shape index (κ1) is 18.7. The van der Waals surface area contributed by atoms with Crippen molar-refractivity contribution in [2.75, 3.05) is 20.8 Å². The number of phenols is 1. The van der Waals surface area contributed by atoms with Gasteiger partial charge in [0.2, 0.25) is 0 Å². The quantitative estimate of drug-likeness (QED) is 0.576. The molecule has 0 radical (unpaired) electrons. The first-order valence-corrected chi connectivity index (χ1v) is 9.45. The number of aryl methyl sites for hydroxylation is 1. The van der Waals surface area contributed by atoms with Crippen molar-refractivity contribution in [2.45, 2.75) is 11.8 Å². The molecule has 2 aromatic carbocycles. The predicted octanol–water partition coefficient (Wildman–Crippen LogP) is 1.83. The number of hydrogen-bond donors (Lipinski definition) is 2. The number of sulfonamides is 1. The van der Waals surface area contributed by atoms with E-state index in [1.165, 1.54) is 26.5 Å². The van der Waals surface area contributed by atoms with Gasteiger partial charge in [-0.2, -0.15) is 17.9 Å². The number of benzene rings is 2. The molecule has 1 aliphatic rings. The first-order chi connectivity index (χ1) is 12.9. The van der Waals surface area contributed by atoms with Gasteiger partial charge in [0.05, 0.1) is 32.7 Å². The molecule has 2 N–H and O–H groups in total. The molecule has 0 amide bonds. The number of nitrogens with one attached hydrogen (secondary N) is 1. The molecular formula is C18H19N3O5S. The summed E-state index contributed by atoms with van der Waals surface area (Å²) < 4.78 is 38.8. The highest BCUT2D eigenvalue weighted by atomic mass is 32.2. The van der Waals surface area contributed by atoms with Crippen LogP contribution in [0, 0.1) is 6.92 Å². The molecule has 0 saturated carbocycles. The second-order valence-corrected chi connectivity index (χ2v) is 7.42. The Balaban J connectivity index is 1.78. The van der Waals surface area contributed by atoms with Crippen LogP contribution in [-0.4, -0.2) is 46.2 Å². The van der Waals surface area contributed by atoms with E-state index in [4.69, 9.17) is 9.47 Å². The third kappa shape index (κ3) is 3.72. The fraction of sp³-hybridized carbons (Fsp3) is 0.222. The van der Waals surface area contributed by atoms with Crippen molar-refractivity contribution in [2.24, 2.45) is 9.50 Å². The number of hydrogen-bond acceptors (Lipinski definition) is 7. The summed E-state index contributed by atoms with van der Waals surface area (Å²) in [6, 6.07) is 8.22. The molecule has 8 nitrogen and oxygen atoms in total. The Morgan fingerprint density at radius 2 is 1.93 bits per heavy atom. The normalized spacial score (nSPS) is 14.7. The number of phenolic OH excluding ortho intramolecular Hbond substituents is 1. The van der Waals surface area contributed by atoms with Crippen LogP contribution >= 0.6 is 0 Å². The third-order valence-corrected chi connectivity index (χ3v) is 5.37. The molecule has 0 atom stereocenters. The lowest BCUT2D eigenvalue weighted by atomic mass is 10.1. The van der Waals surface area contributed by atoms with Crippen LogP contribution in [0.15, 0.2) is 44.7 Å². The lowest BCUT2D eigenvalue weighted by Gasteiger charge is -2.08. The highest BCUT2D eigenvalue weighted by Crippen LogP contribution is 2.35. The van der Waals surface area contributed by atoms with Crippen LogP contribution < -0.4 is 14.9 Å². The number of hydrazone groups is 1. The Kier molecular flexibility index (Phi) is 5.04. The molecule has 0 bridgehead atoms. The first-order valence-electron chi connectivity index (χ1n) is 8.01. The summed E-state index contributed by atoms with van der Waals surface area (Å²) in [4.78, 5) is 0.0830. The predicted molar refractivity (Wildman–Crippen MR) is 102 cm³/mol. The van der Waals surface area contributed by atoms with Crippen molar-refractivity contribution in [3.05, 3.63) is 47.0 Å². The summed E-state index contributed by atoms with van der Waals surface area (Å²) in [6.45, 7) is 1.99. The number of fused-ring (bicyclic) bond motifs is 1. The van der Waals surface area contributed by atoms with Crippen molar-refractivity contribution in [3.63, 3.8) is 0 Å². The lowest BCUT2D eigenvalue weighted by Crippen LogP contribution is -2.18. The summed E-state index contributed by atoms with van der Waals surface area (Å²) >= 11 is 0. The minimum Gasteiger partial charge on any atom is -0.504 e. The van der Waals surface area contributed by atoms with Crippen molar-refractivity contribution in [3.8, 4) is 17.2 Å². The molecule has 0 saturated heterocycles. The maximum Gasteiger partial charge on any atom is 0.286 e. The molecule has 1 aliphatic heterocycles. The van der Waals surface area contributed by atoms with E-state index in [2.05, 4.69) is 14.9 Å². The Hall–Kier alpha value is -3.07. The molecule has 9 heteroatoms. The molecular weight excluding hydrogens is 370 g/mol. The van der Waals surface area contributed by atoms with Crippen LogP contribution in [0.25, 0.3) is 0 Å². The van der Waals surface area contributed by atoms with Crippen molar-refractivity contribution < 1.29 is 23.0 Å². The van der Waals surface area contributed by atoms with Crippen LogP contribution in [0.2, 0.25) is 0 Å². The molecule has 0 unspecified atom stereocenters. The number of rotatable bonds is 6. The van der Waals surface area contributed by atoms with Gasteiger partial charge in [-0.25, -0.2) is 0 Å². The van der Waals surface area contributed by atoms with Gasteiger partial charge in [0.1, 0.15) is 10.6 Å². The smallest absolute Gasteiger partial charge is 0.286 e. The van der Waals surface area contributed by atoms with E-state index >= 15 is 0 Å². The Labute approximate surface area is 157 Å². The SMILES string of the molecule is COc1cc(/C=N/NCC2=NS(=O)(=O)c3c(OC)cc(C)cc32)ccc1O. The van der Waals surface area contributed by atoms with E-state index in [-0.39, 0.29) is 22.9 Å². The topological polar surface area (TPSA) is 110 Å². The van der Waals surface area contributed by atoms with E-state index in [9.17, 15) is 13.5 Å². The average molecular weight is 389 g/mol.